The lowest BCUT2D eigenvalue weighted by Gasteiger charge is -2.29. The van der Waals surface area contributed by atoms with Crippen LogP contribution in [-0.4, -0.2) is 49.2 Å². The molecule has 0 bridgehead atoms. The third-order valence-electron chi connectivity index (χ3n) is 8.08. The molecule has 0 aliphatic carbocycles. The first-order chi connectivity index (χ1) is 21.4. The van der Waals surface area contributed by atoms with Crippen molar-refractivity contribution in [1.29, 1.82) is 0 Å². The fourth-order valence-corrected chi connectivity index (χ4v) is 5.46. The summed E-state index contributed by atoms with van der Waals surface area (Å²) < 4.78 is 15.5. The number of aliphatic carboxylic acids is 1. The number of rotatable bonds is 10. The number of carboxylic acid groups (broad SMARTS) is 1. The summed E-state index contributed by atoms with van der Waals surface area (Å²) in [5, 5.41) is 9.37. The van der Waals surface area contributed by atoms with Gasteiger partial charge in [0.05, 0.1) is 11.0 Å². The Morgan fingerprint density at radius 2 is 1.59 bits per heavy atom. The molecule has 1 atom stereocenters. The first-order valence-electron chi connectivity index (χ1n) is 14.6. The smallest absolute Gasteiger partial charge is 0.333 e. The van der Waals surface area contributed by atoms with E-state index in [2.05, 4.69) is 6.08 Å². The maximum absolute atomic E-state index is 13.7. The Labute approximate surface area is 255 Å². The third-order valence-corrected chi connectivity index (χ3v) is 8.08. The second-order valence-corrected chi connectivity index (χ2v) is 10.9. The quantitative estimate of drug-likeness (QED) is 0.231. The van der Waals surface area contributed by atoms with Crippen LogP contribution < -0.4 is 15.2 Å². The minimum atomic E-state index is -0.822. The van der Waals surface area contributed by atoms with Crippen LogP contribution in [0.1, 0.15) is 30.0 Å². The molecule has 224 valence electrons. The molecule has 1 N–H and O–H groups in total. The highest BCUT2D eigenvalue weighted by Gasteiger charge is 2.24. The summed E-state index contributed by atoms with van der Waals surface area (Å²) in [7, 11) is 1.76. The van der Waals surface area contributed by atoms with Gasteiger partial charge in [-0.15, -0.1) is 0 Å². The average molecular weight is 591 g/mol. The number of hydrogen-bond acceptors (Lipinski definition) is 6. The first kappa shape index (κ1) is 28.9. The van der Waals surface area contributed by atoms with Gasteiger partial charge in [0, 0.05) is 26.2 Å². The molecule has 44 heavy (non-hydrogen) atoms. The van der Waals surface area contributed by atoms with Crippen molar-refractivity contribution in [2.75, 3.05) is 13.1 Å². The van der Waals surface area contributed by atoms with Crippen molar-refractivity contribution in [3.8, 4) is 17.4 Å². The lowest BCUT2D eigenvalue weighted by Crippen LogP contribution is -2.41. The lowest BCUT2D eigenvalue weighted by atomic mass is 9.98. The normalized spacial score (nSPS) is 14.3. The summed E-state index contributed by atoms with van der Waals surface area (Å²) in [6, 6.07) is 28.7. The molecular weight excluding hydrogens is 556 g/mol. The van der Waals surface area contributed by atoms with Gasteiger partial charge in [-0.2, -0.15) is 4.98 Å². The molecule has 1 aliphatic heterocycles. The van der Waals surface area contributed by atoms with E-state index in [0.29, 0.717) is 37.1 Å². The van der Waals surface area contributed by atoms with E-state index in [-0.39, 0.29) is 12.3 Å². The zero-order valence-corrected chi connectivity index (χ0v) is 24.7. The summed E-state index contributed by atoms with van der Waals surface area (Å²) in [6.45, 7) is 3.56. The van der Waals surface area contributed by atoms with Gasteiger partial charge in [0.25, 0.3) is 0 Å². The zero-order chi connectivity index (χ0) is 30.6. The number of nitrogens with zero attached hydrogens (tertiary/aromatic N) is 4. The number of ether oxygens (including phenoxy) is 2. The molecule has 2 aromatic heterocycles. The standard InChI is InChI=1S/C35H34N4O5/c1-24(34(40)41)38-19-17-27(18-20-38)28-13-14-29-31(21-28)37(2)35(42)39(29)30-15-16-32(43-22-25-9-5-3-6-10-25)36-33(30)44-23-26-11-7-4-8-12-26/h3-17,21,24H,18-20,22-23H2,1-2H3,(H,40,41)/t24-/m1/s1. The minimum absolute atomic E-state index is 0.222. The van der Waals surface area contributed by atoms with Gasteiger partial charge >= 0.3 is 11.7 Å². The highest BCUT2D eigenvalue weighted by atomic mass is 16.5. The Morgan fingerprint density at radius 1 is 0.909 bits per heavy atom. The van der Waals surface area contributed by atoms with E-state index in [1.807, 2.05) is 89.8 Å². The Balaban J connectivity index is 1.34. The highest BCUT2D eigenvalue weighted by molar-refractivity contribution is 5.83. The van der Waals surface area contributed by atoms with Gasteiger partial charge in [-0.1, -0.05) is 72.8 Å². The van der Waals surface area contributed by atoms with Gasteiger partial charge in [-0.25, -0.2) is 4.79 Å². The molecule has 5 aromatic rings. The molecule has 0 radical (unpaired) electrons. The average Bonchev–Trinajstić information content (AvgIpc) is 3.31. The number of pyridine rings is 1. The number of carbonyl (C=O) groups is 1. The van der Waals surface area contributed by atoms with E-state index in [1.165, 1.54) is 0 Å². The predicted molar refractivity (Wildman–Crippen MR) is 169 cm³/mol. The second-order valence-electron chi connectivity index (χ2n) is 10.9. The van der Waals surface area contributed by atoms with E-state index in [0.717, 1.165) is 39.7 Å². The van der Waals surface area contributed by atoms with Crippen LogP contribution in [0.4, 0.5) is 0 Å². The Morgan fingerprint density at radius 3 is 2.23 bits per heavy atom. The third kappa shape index (κ3) is 6.00. The summed E-state index contributed by atoms with van der Waals surface area (Å²) in [5.41, 5.74) is 5.93. The molecule has 0 amide bonds. The van der Waals surface area contributed by atoms with Gasteiger partial charge in [-0.3, -0.25) is 18.8 Å². The number of aryl methyl sites for hydroxylation is 1. The fraction of sp³-hybridized carbons (Fsp3) is 0.229. The van der Waals surface area contributed by atoms with Crippen molar-refractivity contribution in [2.24, 2.45) is 7.05 Å². The van der Waals surface area contributed by atoms with E-state index in [9.17, 15) is 14.7 Å². The van der Waals surface area contributed by atoms with Crippen LogP contribution in [0.25, 0.3) is 22.3 Å². The molecule has 3 heterocycles. The van der Waals surface area contributed by atoms with Crippen molar-refractivity contribution < 1.29 is 19.4 Å². The van der Waals surface area contributed by atoms with E-state index in [1.54, 1.807) is 29.2 Å². The van der Waals surface area contributed by atoms with Gasteiger partial charge in [0.1, 0.15) is 24.9 Å². The number of benzene rings is 3. The summed E-state index contributed by atoms with van der Waals surface area (Å²) in [6.07, 6.45) is 2.80. The van der Waals surface area contributed by atoms with Crippen molar-refractivity contribution in [3.05, 3.63) is 124 Å². The number of imidazole rings is 1. The van der Waals surface area contributed by atoms with Gasteiger partial charge in [-0.05, 0) is 53.8 Å². The molecule has 0 spiro atoms. The van der Waals surface area contributed by atoms with Crippen LogP contribution in [0, 0.1) is 0 Å². The second kappa shape index (κ2) is 12.6. The lowest BCUT2D eigenvalue weighted by molar-refractivity contribution is -0.142. The highest BCUT2D eigenvalue weighted by Crippen LogP contribution is 2.30. The summed E-state index contributed by atoms with van der Waals surface area (Å²) >= 11 is 0. The Bertz CT molecular complexity index is 1880. The van der Waals surface area contributed by atoms with Crippen molar-refractivity contribution in [2.45, 2.75) is 32.6 Å². The zero-order valence-electron chi connectivity index (χ0n) is 24.7. The van der Waals surface area contributed by atoms with E-state index >= 15 is 0 Å². The monoisotopic (exact) mass is 590 g/mol. The van der Waals surface area contributed by atoms with Gasteiger partial charge in [0.2, 0.25) is 11.8 Å². The van der Waals surface area contributed by atoms with Crippen LogP contribution in [0.3, 0.4) is 0 Å². The van der Waals surface area contributed by atoms with Crippen molar-refractivity contribution in [3.63, 3.8) is 0 Å². The van der Waals surface area contributed by atoms with Crippen LogP contribution in [0.15, 0.2) is 102 Å². The van der Waals surface area contributed by atoms with Gasteiger partial charge in [0.15, 0.2) is 0 Å². The summed E-state index contributed by atoms with van der Waals surface area (Å²) in [4.78, 5) is 31.8. The van der Waals surface area contributed by atoms with E-state index in [4.69, 9.17) is 14.5 Å². The maximum atomic E-state index is 13.7. The van der Waals surface area contributed by atoms with Crippen LogP contribution in [0.2, 0.25) is 0 Å². The molecular formula is C35H34N4O5. The topological polar surface area (TPSA) is 98.8 Å². The number of aromatic nitrogens is 3. The Hall–Kier alpha value is -5.15. The van der Waals surface area contributed by atoms with Crippen LogP contribution in [0.5, 0.6) is 11.8 Å². The Kier molecular flexibility index (Phi) is 8.29. The molecule has 3 aromatic carbocycles. The molecule has 0 saturated heterocycles. The molecule has 0 fully saturated rings. The molecule has 1 aliphatic rings. The van der Waals surface area contributed by atoms with Crippen LogP contribution in [-0.2, 0) is 25.1 Å². The molecule has 0 saturated carbocycles. The number of hydrogen-bond donors (Lipinski definition) is 1. The van der Waals surface area contributed by atoms with Crippen LogP contribution >= 0.6 is 0 Å². The molecule has 9 heteroatoms. The van der Waals surface area contributed by atoms with Gasteiger partial charge < -0.3 is 14.6 Å². The van der Waals surface area contributed by atoms with E-state index < -0.39 is 12.0 Å². The maximum Gasteiger partial charge on any atom is 0.333 e. The van der Waals surface area contributed by atoms with Crippen molar-refractivity contribution >= 4 is 22.6 Å². The van der Waals surface area contributed by atoms with Crippen molar-refractivity contribution in [1.82, 2.24) is 19.0 Å². The largest absolute Gasteiger partial charge is 0.480 e. The predicted octanol–water partition coefficient (Wildman–Crippen LogP) is 5.44. The first-order valence-corrected chi connectivity index (χ1v) is 14.6. The molecule has 9 nitrogen and oxygen atoms in total. The fourth-order valence-electron chi connectivity index (χ4n) is 5.46. The number of carboxylic acids is 1. The SMILES string of the molecule is C[C@H](C(=O)O)N1CC=C(c2ccc3c(c2)n(C)c(=O)n3-c2ccc(OCc3ccccc3)nc2OCc2ccccc2)CC1. The molecule has 0 unspecified atom stereocenters. The summed E-state index contributed by atoms with van der Waals surface area (Å²) in [5.74, 6) is -0.135. The minimum Gasteiger partial charge on any atom is -0.480 e. The number of fused-ring (bicyclic) bond motifs is 1. The molecule has 6 rings (SSSR count).